The van der Waals surface area contributed by atoms with Crippen LogP contribution in [0.2, 0.25) is 0 Å². The molecule has 1 fully saturated rings. The Morgan fingerprint density at radius 3 is 2.62 bits per heavy atom. The molecule has 0 radical (unpaired) electrons. The van der Waals surface area contributed by atoms with E-state index in [1.54, 1.807) is 4.90 Å². The minimum atomic E-state index is 0.165. The van der Waals surface area contributed by atoms with E-state index >= 15 is 0 Å². The number of carbonyl (C=O) groups excluding carboxylic acids is 1. The monoisotopic (exact) mass is 228 g/mol. The fraction of sp³-hybridized carbons (Fsp3) is 0.917. The number of likely N-dealkylation sites (N-methyl/N-ethyl adjacent to an activating group) is 1. The molecule has 0 atom stereocenters. The maximum atomic E-state index is 11.6. The van der Waals surface area contributed by atoms with Crippen LogP contribution in [-0.4, -0.2) is 50.7 Å². The Hall–Kier alpha value is -0.610. The molecule has 1 saturated heterocycles. The van der Waals surface area contributed by atoms with E-state index < -0.39 is 0 Å². The van der Waals surface area contributed by atoms with Crippen LogP contribution in [0, 0.1) is 5.41 Å². The van der Waals surface area contributed by atoms with Crippen molar-refractivity contribution >= 4 is 5.91 Å². The fourth-order valence-corrected chi connectivity index (χ4v) is 1.82. The minimum absolute atomic E-state index is 0.165. The quantitative estimate of drug-likeness (QED) is 0.759. The van der Waals surface area contributed by atoms with Crippen LogP contribution in [0.25, 0.3) is 0 Å². The molecule has 0 spiro atoms. The van der Waals surface area contributed by atoms with E-state index in [0.717, 1.165) is 39.1 Å². The zero-order chi connectivity index (χ0) is 12.0. The summed E-state index contributed by atoms with van der Waals surface area (Å²) in [6.07, 6.45) is 2.16. The second kappa shape index (κ2) is 6.21. The van der Waals surface area contributed by atoms with Crippen molar-refractivity contribution in [1.82, 2.24) is 10.2 Å². The Morgan fingerprint density at radius 2 is 2.06 bits per heavy atom. The molecule has 1 aliphatic rings. The fourth-order valence-electron chi connectivity index (χ4n) is 1.82. The van der Waals surface area contributed by atoms with Gasteiger partial charge in [-0.1, -0.05) is 6.92 Å². The van der Waals surface area contributed by atoms with Gasteiger partial charge >= 0.3 is 0 Å². The van der Waals surface area contributed by atoms with Gasteiger partial charge in [0, 0.05) is 33.4 Å². The van der Waals surface area contributed by atoms with Crippen molar-refractivity contribution in [3.63, 3.8) is 0 Å². The van der Waals surface area contributed by atoms with Gasteiger partial charge in [-0.2, -0.15) is 0 Å². The number of hydrogen-bond acceptors (Lipinski definition) is 3. The lowest BCUT2D eigenvalue weighted by Crippen LogP contribution is -2.41. The highest BCUT2D eigenvalue weighted by Crippen LogP contribution is 2.28. The molecule has 0 aromatic heterocycles. The molecule has 1 rings (SSSR count). The van der Waals surface area contributed by atoms with Crippen molar-refractivity contribution in [1.29, 1.82) is 0 Å². The Morgan fingerprint density at radius 1 is 1.44 bits per heavy atom. The van der Waals surface area contributed by atoms with Crippen molar-refractivity contribution in [2.75, 3.05) is 39.9 Å². The summed E-state index contributed by atoms with van der Waals surface area (Å²) in [6, 6.07) is 0. The number of amides is 1. The average Bonchev–Trinajstić information content (AvgIpc) is 2.28. The molecule has 1 aliphatic heterocycles. The van der Waals surface area contributed by atoms with Gasteiger partial charge in [-0.25, -0.2) is 0 Å². The Labute approximate surface area is 98.3 Å². The molecular weight excluding hydrogens is 204 g/mol. The van der Waals surface area contributed by atoms with E-state index in [-0.39, 0.29) is 5.91 Å². The molecule has 4 nitrogen and oxygen atoms in total. The summed E-state index contributed by atoms with van der Waals surface area (Å²) in [5, 5.41) is 3.26. The summed E-state index contributed by atoms with van der Waals surface area (Å²) in [5.41, 5.74) is 0.295. The van der Waals surface area contributed by atoms with Gasteiger partial charge in [0.1, 0.15) is 0 Å². The first kappa shape index (κ1) is 13.5. The number of ether oxygens (including phenoxy) is 1. The molecule has 0 aromatic carbocycles. The lowest BCUT2D eigenvalue weighted by Gasteiger charge is -2.33. The van der Waals surface area contributed by atoms with Crippen LogP contribution >= 0.6 is 0 Å². The van der Waals surface area contributed by atoms with E-state index in [1.807, 2.05) is 14.0 Å². The molecule has 0 aromatic rings. The zero-order valence-corrected chi connectivity index (χ0v) is 10.7. The molecule has 16 heavy (non-hydrogen) atoms. The van der Waals surface area contributed by atoms with Crippen molar-refractivity contribution in [3.05, 3.63) is 0 Å². The third-order valence-electron chi connectivity index (χ3n) is 3.43. The van der Waals surface area contributed by atoms with Gasteiger partial charge in [-0.3, -0.25) is 4.79 Å². The second-order valence-corrected chi connectivity index (χ2v) is 4.93. The van der Waals surface area contributed by atoms with Crippen LogP contribution in [0.3, 0.4) is 0 Å². The van der Waals surface area contributed by atoms with Crippen LogP contribution < -0.4 is 5.32 Å². The van der Waals surface area contributed by atoms with Crippen molar-refractivity contribution in [3.8, 4) is 0 Å². The molecule has 1 amide bonds. The number of carbonyl (C=O) groups is 1. The van der Waals surface area contributed by atoms with E-state index in [9.17, 15) is 4.79 Å². The Balaban J connectivity index is 2.21. The van der Waals surface area contributed by atoms with Crippen molar-refractivity contribution in [2.24, 2.45) is 5.41 Å². The highest BCUT2D eigenvalue weighted by atomic mass is 16.5. The minimum Gasteiger partial charge on any atom is -0.381 e. The molecule has 4 heteroatoms. The molecule has 0 saturated carbocycles. The predicted octanol–water partition coefficient (Wildman–Crippen LogP) is 0.871. The Kier molecular flexibility index (Phi) is 5.22. The van der Waals surface area contributed by atoms with Crippen LogP contribution in [0.15, 0.2) is 0 Å². The highest BCUT2D eigenvalue weighted by molar-refractivity contribution is 5.77. The van der Waals surface area contributed by atoms with Crippen molar-refractivity contribution < 1.29 is 9.53 Å². The van der Waals surface area contributed by atoms with Gasteiger partial charge in [0.15, 0.2) is 0 Å². The molecule has 1 N–H and O–H groups in total. The van der Waals surface area contributed by atoms with Gasteiger partial charge in [-0.05, 0) is 25.2 Å². The van der Waals surface area contributed by atoms with Crippen LogP contribution in [0.1, 0.15) is 26.7 Å². The molecule has 94 valence electrons. The number of nitrogens with one attached hydrogen (secondary N) is 1. The summed E-state index contributed by atoms with van der Waals surface area (Å²) in [5.74, 6) is 0.165. The number of nitrogens with zero attached hydrogens (tertiary/aromatic N) is 1. The normalized spacial score (nSPS) is 19.4. The molecule has 0 bridgehead atoms. The maximum absolute atomic E-state index is 11.6. The molecular formula is C12H24N2O2. The lowest BCUT2D eigenvalue weighted by molar-refractivity contribution is -0.128. The smallest absolute Gasteiger partial charge is 0.236 e. The summed E-state index contributed by atoms with van der Waals surface area (Å²) >= 11 is 0. The van der Waals surface area contributed by atoms with Crippen LogP contribution in [-0.2, 0) is 9.53 Å². The first-order valence-electron chi connectivity index (χ1n) is 6.10. The van der Waals surface area contributed by atoms with E-state index in [0.29, 0.717) is 12.0 Å². The molecule has 0 aliphatic carbocycles. The largest absolute Gasteiger partial charge is 0.381 e. The van der Waals surface area contributed by atoms with Gasteiger partial charge < -0.3 is 15.0 Å². The van der Waals surface area contributed by atoms with Gasteiger partial charge in [0.25, 0.3) is 0 Å². The third kappa shape index (κ3) is 4.10. The molecule has 1 heterocycles. The lowest BCUT2D eigenvalue weighted by atomic mass is 9.82. The zero-order valence-electron chi connectivity index (χ0n) is 10.7. The van der Waals surface area contributed by atoms with Crippen molar-refractivity contribution in [2.45, 2.75) is 26.7 Å². The summed E-state index contributed by atoms with van der Waals surface area (Å²) in [4.78, 5) is 13.3. The second-order valence-electron chi connectivity index (χ2n) is 4.93. The highest BCUT2D eigenvalue weighted by Gasteiger charge is 2.26. The van der Waals surface area contributed by atoms with E-state index in [4.69, 9.17) is 4.74 Å². The summed E-state index contributed by atoms with van der Waals surface area (Å²) in [6.45, 7) is 8.06. The van der Waals surface area contributed by atoms with Crippen LogP contribution in [0.4, 0.5) is 0 Å². The maximum Gasteiger partial charge on any atom is 0.236 e. The standard InChI is InChI=1S/C12H24N2O2/c1-4-14(3)11(15)9-13-10-12(2)5-7-16-8-6-12/h13H,4-10H2,1-3H3. The summed E-state index contributed by atoms with van der Waals surface area (Å²) in [7, 11) is 1.83. The first-order chi connectivity index (χ1) is 7.57. The first-order valence-corrected chi connectivity index (χ1v) is 6.10. The SMILES string of the molecule is CCN(C)C(=O)CNCC1(C)CCOCC1. The van der Waals surface area contributed by atoms with Gasteiger partial charge in [-0.15, -0.1) is 0 Å². The molecule has 0 unspecified atom stereocenters. The predicted molar refractivity (Wildman–Crippen MR) is 64.3 cm³/mol. The summed E-state index contributed by atoms with van der Waals surface area (Å²) < 4.78 is 5.35. The van der Waals surface area contributed by atoms with E-state index in [1.165, 1.54) is 0 Å². The number of rotatable bonds is 5. The van der Waals surface area contributed by atoms with Gasteiger partial charge in [0.2, 0.25) is 5.91 Å². The van der Waals surface area contributed by atoms with E-state index in [2.05, 4.69) is 12.2 Å². The Bertz CT molecular complexity index is 225. The number of hydrogen-bond donors (Lipinski definition) is 1. The van der Waals surface area contributed by atoms with Gasteiger partial charge in [0.05, 0.1) is 6.54 Å². The van der Waals surface area contributed by atoms with Crippen LogP contribution in [0.5, 0.6) is 0 Å². The average molecular weight is 228 g/mol. The topological polar surface area (TPSA) is 41.6 Å². The third-order valence-corrected chi connectivity index (χ3v) is 3.43.